The fraction of sp³-hybridized carbons (Fsp3) is 0.357. The van der Waals surface area contributed by atoms with Crippen LogP contribution in [0.15, 0.2) is 24.3 Å². The van der Waals surface area contributed by atoms with Crippen molar-refractivity contribution in [2.24, 2.45) is 0 Å². The van der Waals surface area contributed by atoms with Gasteiger partial charge in [0.05, 0.1) is 0 Å². The molecular formula is C14H17N3O3. The Labute approximate surface area is 116 Å². The quantitative estimate of drug-likeness (QED) is 0.722. The largest absolute Gasteiger partial charge is 0.374 e. The molecule has 0 aromatic heterocycles. The van der Waals surface area contributed by atoms with Crippen LogP contribution in [0.3, 0.4) is 0 Å². The second-order valence-electron chi connectivity index (χ2n) is 4.63. The number of carbonyl (C=O) groups excluding carboxylic acids is 3. The number of hydrogen-bond acceptors (Lipinski definition) is 4. The molecule has 106 valence electrons. The van der Waals surface area contributed by atoms with E-state index in [1.165, 1.54) is 0 Å². The Bertz CT molecular complexity index is 542. The SMILES string of the molecule is CCC(=O)Nc1cccc(N[C@@H]2CCC(=O)NC2=O)c1. The third-order valence-corrected chi connectivity index (χ3v) is 3.05. The number of rotatable bonds is 4. The fourth-order valence-electron chi connectivity index (χ4n) is 1.97. The van der Waals surface area contributed by atoms with Crippen LogP contribution in [0.5, 0.6) is 0 Å². The number of amides is 3. The van der Waals surface area contributed by atoms with Crippen molar-refractivity contribution in [2.75, 3.05) is 10.6 Å². The average Bonchev–Trinajstić information content (AvgIpc) is 2.42. The number of nitrogens with one attached hydrogen (secondary N) is 3. The molecule has 1 aromatic rings. The molecule has 0 radical (unpaired) electrons. The molecule has 0 saturated carbocycles. The highest BCUT2D eigenvalue weighted by Gasteiger charge is 2.26. The van der Waals surface area contributed by atoms with Gasteiger partial charge in [-0.25, -0.2) is 0 Å². The van der Waals surface area contributed by atoms with E-state index < -0.39 is 6.04 Å². The molecule has 20 heavy (non-hydrogen) atoms. The molecule has 0 unspecified atom stereocenters. The molecule has 1 aliphatic rings. The lowest BCUT2D eigenvalue weighted by Crippen LogP contribution is -2.47. The highest BCUT2D eigenvalue weighted by Crippen LogP contribution is 2.18. The third kappa shape index (κ3) is 3.57. The standard InChI is InChI=1S/C14H17N3O3/c1-2-12(18)16-10-5-3-4-9(8-10)15-11-6-7-13(19)17-14(11)20/h3-5,8,11,15H,2,6-7H2,1H3,(H,16,18)(H,17,19,20)/t11-/m1/s1. The van der Waals surface area contributed by atoms with E-state index in [1.807, 2.05) is 6.07 Å². The molecule has 3 N–H and O–H groups in total. The van der Waals surface area contributed by atoms with Crippen molar-refractivity contribution in [3.63, 3.8) is 0 Å². The number of carbonyl (C=O) groups is 3. The van der Waals surface area contributed by atoms with E-state index in [4.69, 9.17) is 0 Å². The van der Waals surface area contributed by atoms with Crippen LogP contribution in [0.25, 0.3) is 0 Å². The van der Waals surface area contributed by atoms with E-state index in [0.29, 0.717) is 24.9 Å². The molecule has 1 atom stereocenters. The zero-order valence-corrected chi connectivity index (χ0v) is 11.2. The summed E-state index contributed by atoms with van der Waals surface area (Å²) in [5.74, 6) is -0.621. The van der Waals surface area contributed by atoms with E-state index in [0.717, 1.165) is 5.69 Å². The molecule has 1 aliphatic heterocycles. The molecule has 6 nitrogen and oxygen atoms in total. The lowest BCUT2D eigenvalue weighted by atomic mass is 10.1. The zero-order chi connectivity index (χ0) is 14.5. The van der Waals surface area contributed by atoms with Crippen molar-refractivity contribution in [2.45, 2.75) is 32.2 Å². The Kier molecular flexibility index (Phi) is 4.34. The number of imide groups is 1. The molecule has 1 fully saturated rings. The maximum atomic E-state index is 11.7. The molecule has 2 rings (SSSR count). The topological polar surface area (TPSA) is 87.3 Å². The van der Waals surface area contributed by atoms with E-state index in [-0.39, 0.29) is 17.7 Å². The highest BCUT2D eigenvalue weighted by atomic mass is 16.2. The van der Waals surface area contributed by atoms with Gasteiger partial charge in [0.15, 0.2) is 0 Å². The van der Waals surface area contributed by atoms with E-state index >= 15 is 0 Å². The number of hydrogen-bond donors (Lipinski definition) is 3. The van der Waals surface area contributed by atoms with Crippen molar-refractivity contribution in [3.8, 4) is 0 Å². The van der Waals surface area contributed by atoms with Crippen molar-refractivity contribution >= 4 is 29.1 Å². The van der Waals surface area contributed by atoms with Crippen molar-refractivity contribution in [1.29, 1.82) is 0 Å². The first-order valence-electron chi connectivity index (χ1n) is 6.58. The summed E-state index contributed by atoms with van der Waals surface area (Å²) >= 11 is 0. The summed E-state index contributed by atoms with van der Waals surface area (Å²) in [7, 11) is 0. The first-order chi connectivity index (χ1) is 9.58. The molecule has 1 aromatic carbocycles. The number of piperidine rings is 1. The van der Waals surface area contributed by atoms with Gasteiger partial charge in [0.25, 0.3) is 0 Å². The summed E-state index contributed by atoms with van der Waals surface area (Å²) in [6, 6.07) is 6.72. The van der Waals surface area contributed by atoms with E-state index in [2.05, 4.69) is 16.0 Å². The summed E-state index contributed by atoms with van der Waals surface area (Å²) < 4.78 is 0. The maximum absolute atomic E-state index is 11.7. The summed E-state index contributed by atoms with van der Waals surface area (Å²) in [6.07, 6.45) is 1.21. The summed E-state index contributed by atoms with van der Waals surface area (Å²) in [5, 5.41) is 8.12. The molecule has 0 bridgehead atoms. The highest BCUT2D eigenvalue weighted by molar-refractivity contribution is 6.01. The number of anilines is 2. The van der Waals surface area contributed by atoms with Crippen LogP contribution in [-0.4, -0.2) is 23.8 Å². The molecule has 1 saturated heterocycles. The smallest absolute Gasteiger partial charge is 0.249 e. The van der Waals surface area contributed by atoms with Crippen LogP contribution in [0, 0.1) is 0 Å². The minimum absolute atomic E-state index is 0.0665. The Morgan fingerprint density at radius 2 is 2.10 bits per heavy atom. The first-order valence-corrected chi connectivity index (χ1v) is 6.58. The van der Waals surface area contributed by atoms with Crippen molar-refractivity contribution in [1.82, 2.24) is 5.32 Å². The molecule has 3 amide bonds. The van der Waals surface area contributed by atoms with Gasteiger partial charge >= 0.3 is 0 Å². The summed E-state index contributed by atoms with van der Waals surface area (Å²) in [4.78, 5) is 34.1. The first kappa shape index (κ1) is 14.0. The Hall–Kier alpha value is -2.37. The predicted molar refractivity (Wildman–Crippen MR) is 75.2 cm³/mol. The van der Waals surface area contributed by atoms with Crippen molar-refractivity contribution < 1.29 is 14.4 Å². The zero-order valence-electron chi connectivity index (χ0n) is 11.2. The maximum Gasteiger partial charge on any atom is 0.249 e. The molecule has 6 heteroatoms. The summed E-state index contributed by atoms with van der Waals surface area (Å²) in [6.45, 7) is 1.78. The minimum atomic E-state index is -0.426. The fourth-order valence-corrected chi connectivity index (χ4v) is 1.97. The predicted octanol–water partition coefficient (Wildman–Crippen LogP) is 1.25. The van der Waals surface area contributed by atoms with Crippen LogP contribution in [0.4, 0.5) is 11.4 Å². The Morgan fingerprint density at radius 1 is 1.35 bits per heavy atom. The molecule has 1 heterocycles. The second-order valence-corrected chi connectivity index (χ2v) is 4.63. The molecule has 0 aliphatic carbocycles. The van der Waals surface area contributed by atoms with E-state index in [9.17, 15) is 14.4 Å². The van der Waals surface area contributed by atoms with Crippen LogP contribution in [0.2, 0.25) is 0 Å². The molecular weight excluding hydrogens is 258 g/mol. The van der Waals surface area contributed by atoms with Gasteiger partial charge < -0.3 is 10.6 Å². The van der Waals surface area contributed by atoms with Gasteiger partial charge in [0.1, 0.15) is 6.04 Å². The average molecular weight is 275 g/mol. The van der Waals surface area contributed by atoms with Gasteiger partial charge in [-0.1, -0.05) is 13.0 Å². The van der Waals surface area contributed by atoms with Gasteiger partial charge in [-0.15, -0.1) is 0 Å². The lowest BCUT2D eigenvalue weighted by molar-refractivity contribution is -0.133. The normalized spacial score (nSPS) is 18.4. The Morgan fingerprint density at radius 3 is 2.80 bits per heavy atom. The van der Waals surface area contributed by atoms with Crippen LogP contribution >= 0.6 is 0 Å². The second kappa shape index (κ2) is 6.18. The van der Waals surface area contributed by atoms with Gasteiger partial charge in [0.2, 0.25) is 17.7 Å². The van der Waals surface area contributed by atoms with Gasteiger partial charge in [-0.2, -0.15) is 0 Å². The van der Waals surface area contributed by atoms with Crippen LogP contribution < -0.4 is 16.0 Å². The van der Waals surface area contributed by atoms with Crippen molar-refractivity contribution in [3.05, 3.63) is 24.3 Å². The van der Waals surface area contributed by atoms with Crippen LogP contribution in [-0.2, 0) is 14.4 Å². The van der Waals surface area contributed by atoms with Gasteiger partial charge in [-0.05, 0) is 24.6 Å². The van der Waals surface area contributed by atoms with E-state index in [1.54, 1.807) is 25.1 Å². The lowest BCUT2D eigenvalue weighted by Gasteiger charge is -2.23. The number of benzene rings is 1. The van der Waals surface area contributed by atoms with Gasteiger partial charge in [-0.3, -0.25) is 19.7 Å². The van der Waals surface area contributed by atoms with Crippen LogP contribution in [0.1, 0.15) is 26.2 Å². The van der Waals surface area contributed by atoms with Gasteiger partial charge in [0, 0.05) is 24.2 Å². The Balaban J connectivity index is 2.02. The minimum Gasteiger partial charge on any atom is -0.374 e. The third-order valence-electron chi connectivity index (χ3n) is 3.05. The molecule has 0 spiro atoms. The monoisotopic (exact) mass is 275 g/mol. The summed E-state index contributed by atoms with van der Waals surface area (Å²) in [5.41, 5.74) is 1.41.